The van der Waals surface area contributed by atoms with Crippen LogP contribution in [0.2, 0.25) is 0 Å². The van der Waals surface area contributed by atoms with Crippen molar-refractivity contribution in [3.05, 3.63) is 33.3 Å². The largest absolute Gasteiger partial charge is 0.396 e. The standard InChI is InChI=1S/C14H20N4OS/c19-6-2-5-18-10-12(16-17-18)8-15-9-13-7-11-3-1-4-14(11)20-13/h7,10,15,19H,1-6,8-9H2. The van der Waals surface area contributed by atoms with E-state index in [1.54, 1.807) is 15.1 Å². The number of hydrogen-bond acceptors (Lipinski definition) is 5. The monoisotopic (exact) mass is 292 g/mol. The molecule has 2 N–H and O–H groups in total. The van der Waals surface area contributed by atoms with E-state index in [1.165, 1.54) is 24.1 Å². The zero-order valence-corrected chi connectivity index (χ0v) is 12.3. The molecule has 0 spiro atoms. The molecule has 0 aliphatic heterocycles. The molecule has 2 aromatic heterocycles. The van der Waals surface area contributed by atoms with Gasteiger partial charge in [0.05, 0.1) is 5.69 Å². The maximum absolute atomic E-state index is 8.78. The highest BCUT2D eigenvalue weighted by molar-refractivity contribution is 7.12. The lowest BCUT2D eigenvalue weighted by atomic mass is 10.2. The summed E-state index contributed by atoms with van der Waals surface area (Å²) in [6.45, 7) is 2.56. The van der Waals surface area contributed by atoms with E-state index in [1.807, 2.05) is 17.5 Å². The second kappa shape index (κ2) is 6.47. The third kappa shape index (κ3) is 3.26. The Balaban J connectivity index is 1.46. The summed E-state index contributed by atoms with van der Waals surface area (Å²) in [6, 6.07) is 2.35. The van der Waals surface area contributed by atoms with E-state index in [-0.39, 0.29) is 6.61 Å². The third-order valence-electron chi connectivity index (χ3n) is 3.53. The second-order valence-corrected chi connectivity index (χ2v) is 6.39. The first-order chi connectivity index (χ1) is 9.85. The topological polar surface area (TPSA) is 63.0 Å². The highest BCUT2D eigenvalue weighted by Gasteiger charge is 2.14. The fourth-order valence-corrected chi connectivity index (χ4v) is 3.78. The molecule has 5 nitrogen and oxygen atoms in total. The smallest absolute Gasteiger partial charge is 0.0964 e. The molecule has 0 bridgehead atoms. The van der Waals surface area contributed by atoms with Crippen LogP contribution in [0.4, 0.5) is 0 Å². The van der Waals surface area contributed by atoms with Gasteiger partial charge in [-0.05, 0) is 37.3 Å². The molecule has 0 atom stereocenters. The molecule has 1 aliphatic rings. The molecule has 0 saturated carbocycles. The van der Waals surface area contributed by atoms with Gasteiger partial charge in [0.25, 0.3) is 0 Å². The van der Waals surface area contributed by atoms with Crippen LogP contribution in [0.3, 0.4) is 0 Å². The lowest BCUT2D eigenvalue weighted by molar-refractivity contribution is 0.276. The van der Waals surface area contributed by atoms with E-state index in [9.17, 15) is 0 Å². The number of nitrogens with zero attached hydrogens (tertiary/aromatic N) is 3. The number of aromatic nitrogens is 3. The molecule has 3 rings (SSSR count). The average molecular weight is 292 g/mol. The molecule has 0 saturated heterocycles. The van der Waals surface area contributed by atoms with Crippen LogP contribution in [0.15, 0.2) is 12.3 Å². The van der Waals surface area contributed by atoms with Crippen LogP contribution in [-0.4, -0.2) is 26.7 Å². The summed E-state index contributed by atoms with van der Waals surface area (Å²) in [5, 5.41) is 20.4. The second-order valence-electron chi connectivity index (χ2n) is 5.17. The number of rotatable bonds is 7. The molecule has 20 heavy (non-hydrogen) atoms. The van der Waals surface area contributed by atoms with Crippen LogP contribution in [0.25, 0.3) is 0 Å². The zero-order valence-electron chi connectivity index (χ0n) is 11.5. The molecule has 0 aromatic carbocycles. The van der Waals surface area contributed by atoms with Crippen molar-refractivity contribution in [2.24, 2.45) is 0 Å². The van der Waals surface area contributed by atoms with E-state index >= 15 is 0 Å². The first-order valence-electron chi connectivity index (χ1n) is 7.16. The summed E-state index contributed by atoms with van der Waals surface area (Å²) in [7, 11) is 0. The minimum absolute atomic E-state index is 0.191. The van der Waals surface area contributed by atoms with Crippen molar-refractivity contribution in [3.8, 4) is 0 Å². The molecule has 6 heteroatoms. The Morgan fingerprint density at radius 1 is 1.35 bits per heavy atom. The minimum Gasteiger partial charge on any atom is -0.396 e. The van der Waals surface area contributed by atoms with Crippen molar-refractivity contribution in [1.82, 2.24) is 20.3 Å². The Bertz CT molecular complexity index is 542. The summed E-state index contributed by atoms with van der Waals surface area (Å²) in [5.74, 6) is 0. The van der Waals surface area contributed by atoms with Gasteiger partial charge in [-0.1, -0.05) is 5.21 Å². The van der Waals surface area contributed by atoms with Gasteiger partial charge in [-0.25, -0.2) is 0 Å². The maximum Gasteiger partial charge on any atom is 0.0964 e. The highest BCUT2D eigenvalue weighted by Crippen LogP contribution is 2.30. The van der Waals surface area contributed by atoms with Gasteiger partial charge in [-0.3, -0.25) is 4.68 Å². The summed E-state index contributed by atoms with van der Waals surface area (Å²) >= 11 is 1.94. The van der Waals surface area contributed by atoms with Crippen molar-refractivity contribution >= 4 is 11.3 Å². The molecular weight excluding hydrogens is 272 g/mol. The summed E-state index contributed by atoms with van der Waals surface area (Å²) < 4.78 is 1.78. The molecule has 2 aromatic rings. The third-order valence-corrected chi connectivity index (χ3v) is 4.77. The van der Waals surface area contributed by atoms with E-state index in [0.29, 0.717) is 0 Å². The number of aryl methyl sites for hydroxylation is 3. The lowest BCUT2D eigenvalue weighted by Crippen LogP contribution is -2.12. The Hall–Kier alpha value is -1.24. The molecule has 0 amide bonds. The first-order valence-corrected chi connectivity index (χ1v) is 7.98. The Labute approximate surface area is 122 Å². The van der Waals surface area contributed by atoms with Crippen LogP contribution < -0.4 is 5.32 Å². The quantitative estimate of drug-likeness (QED) is 0.812. The summed E-state index contributed by atoms with van der Waals surface area (Å²) in [4.78, 5) is 3.00. The van der Waals surface area contributed by atoms with Crippen LogP contribution in [0.1, 0.15) is 33.9 Å². The van der Waals surface area contributed by atoms with Gasteiger partial charge >= 0.3 is 0 Å². The van der Waals surface area contributed by atoms with E-state index < -0.39 is 0 Å². The molecule has 108 valence electrons. The molecule has 0 unspecified atom stereocenters. The van der Waals surface area contributed by atoms with Crippen LogP contribution in [-0.2, 0) is 32.5 Å². The van der Waals surface area contributed by atoms with Gasteiger partial charge in [0.1, 0.15) is 0 Å². The average Bonchev–Trinajstić information content (AvgIpc) is 3.11. The van der Waals surface area contributed by atoms with Crippen molar-refractivity contribution in [2.75, 3.05) is 6.61 Å². The fraction of sp³-hybridized carbons (Fsp3) is 0.571. The van der Waals surface area contributed by atoms with E-state index in [0.717, 1.165) is 31.7 Å². The molecule has 1 aliphatic carbocycles. The fourth-order valence-electron chi connectivity index (χ4n) is 2.55. The normalized spacial score (nSPS) is 13.8. The summed E-state index contributed by atoms with van der Waals surface area (Å²) in [6.07, 6.45) is 6.50. The predicted octanol–water partition coefficient (Wildman–Crippen LogP) is 1.50. The summed E-state index contributed by atoms with van der Waals surface area (Å²) in [5.41, 5.74) is 2.51. The van der Waals surface area contributed by atoms with Crippen LogP contribution in [0, 0.1) is 0 Å². The van der Waals surface area contributed by atoms with Gasteiger partial charge in [0.15, 0.2) is 0 Å². The molecular formula is C14H20N4OS. The highest BCUT2D eigenvalue weighted by atomic mass is 32.1. The van der Waals surface area contributed by atoms with Crippen LogP contribution >= 0.6 is 11.3 Å². The van der Waals surface area contributed by atoms with Crippen molar-refractivity contribution < 1.29 is 5.11 Å². The van der Waals surface area contributed by atoms with Crippen LogP contribution in [0.5, 0.6) is 0 Å². The van der Waals surface area contributed by atoms with E-state index in [2.05, 4.69) is 21.7 Å². The van der Waals surface area contributed by atoms with Crippen molar-refractivity contribution in [1.29, 1.82) is 0 Å². The Kier molecular flexibility index (Phi) is 4.44. The number of thiophene rings is 1. The number of nitrogens with one attached hydrogen (secondary N) is 1. The lowest BCUT2D eigenvalue weighted by Gasteiger charge is -1.99. The number of aliphatic hydroxyl groups is 1. The first kappa shape index (κ1) is 13.7. The zero-order chi connectivity index (χ0) is 13.8. The van der Waals surface area contributed by atoms with Gasteiger partial charge in [-0.2, -0.15) is 0 Å². The molecule has 0 fully saturated rings. The number of fused-ring (bicyclic) bond motifs is 1. The Morgan fingerprint density at radius 2 is 2.30 bits per heavy atom. The van der Waals surface area contributed by atoms with Gasteiger partial charge in [0.2, 0.25) is 0 Å². The van der Waals surface area contributed by atoms with Gasteiger partial charge in [-0.15, -0.1) is 16.4 Å². The molecule has 2 heterocycles. The number of aliphatic hydroxyl groups excluding tert-OH is 1. The molecule has 0 radical (unpaired) electrons. The maximum atomic E-state index is 8.78. The minimum atomic E-state index is 0.191. The van der Waals surface area contributed by atoms with E-state index in [4.69, 9.17) is 5.11 Å². The predicted molar refractivity (Wildman–Crippen MR) is 78.6 cm³/mol. The van der Waals surface area contributed by atoms with Gasteiger partial charge < -0.3 is 10.4 Å². The van der Waals surface area contributed by atoms with Crippen molar-refractivity contribution in [3.63, 3.8) is 0 Å². The van der Waals surface area contributed by atoms with Crippen molar-refractivity contribution in [2.45, 2.75) is 45.3 Å². The Morgan fingerprint density at radius 3 is 3.15 bits per heavy atom. The van der Waals surface area contributed by atoms with Gasteiger partial charge in [0, 0.05) is 42.2 Å². The number of hydrogen-bond donors (Lipinski definition) is 2. The SMILES string of the molecule is OCCCn1cc(CNCc2cc3c(s2)CCC3)nn1.